The average molecular weight is 346 g/mol. The number of hydrogen-bond donors (Lipinski definition) is 0. The smallest absolute Gasteiger partial charge is 0.338 e. The number of allylic oxidation sites excluding steroid dienone is 9. The van der Waals surface area contributed by atoms with Crippen molar-refractivity contribution in [2.45, 2.75) is 27.7 Å². The predicted molar refractivity (Wildman–Crippen MR) is 104 cm³/mol. The fraction of sp³-hybridized carbons (Fsp3) is 0.250. The summed E-state index contributed by atoms with van der Waals surface area (Å²) in [5.41, 5.74) is 2.28. The van der Waals surface area contributed by atoms with E-state index in [0.717, 1.165) is 11.1 Å². The van der Waals surface area contributed by atoms with Crippen LogP contribution in [0.4, 0.5) is 0 Å². The van der Waals surface area contributed by atoms with E-state index in [1.54, 1.807) is 25.2 Å². The van der Waals surface area contributed by atoms with Crippen molar-refractivity contribution in [3.63, 3.8) is 0 Å². The molecule has 1 unspecified atom stereocenters. The molecular formula is C20H26O3S. The highest BCUT2D eigenvalue weighted by molar-refractivity contribution is 7.97. The lowest BCUT2D eigenvalue weighted by molar-refractivity contribution is -0.138. The van der Waals surface area contributed by atoms with Crippen LogP contribution in [0, 0.1) is 0 Å². The second kappa shape index (κ2) is 13.4. The summed E-state index contributed by atoms with van der Waals surface area (Å²) in [6.07, 6.45) is 14.6. The van der Waals surface area contributed by atoms with E-state index in [1.807, 2.05) is 51.2 Å². The summed E-state index contributed by atoms with van der Waals surface area (Å²) >= 11 is -1.36. The van der Waals surface area contributed by atoms with Crippen LogP contribution in [0.25, 0.3) is 0 Å². The molecule has 0 amide bonds. The predicted octanol–water partition coefficient (Wildman–Crippen LogP) is 4.91. The lowest BCUT2D eigenvalue weighted by Gasteiger charge is -2.05. The number of hydrogen-bond acceptors (Lipinski definition) is 3. The quantitative estimate of drug-likeness (QED) is 0.258. The Labute approximate surface area is 148 Å². The van der Waals surface area contributed by atoms with Crippen molar-refractivity contribution in [2.75, 3.05) is 6.61 Å². The third-order valence-electron chi connectivity index (χ3n) is 2.68. The van der Waals surface area contributed by atoms with E-state index in [-0.39, 0.29) is 6.61 Å². The van der Waals surface area contributed by atoms with Gasteiger partial charge in [-0.25, -0.2) is 4.79 Å². The van der Waals surface area contributed by atoms with Crippen molar-refractivity contribution < 1.29 is 14.1 Å². The first-order valence-corrected chi connectivity index (χ1v) is 8.85. The molecular weight excluding hydrogens is 320 g/mol. The Morgan fingerprint density at radius 1 is 1.17 bits per heavy atom. The lowest BCUT2D eigenvalue weighted by Crippen LogP contribution is -2.09. The van der Waals surface area contributed by atoms with E-state index in [1.165, 1.54) is 10.8 Å². The largest absolute Gasteiger partial charge is 0.607 e. The monoisotopic (exact) mass is 346 g/mol. The van der Waals surface area contributed by atoms with Gasteiger partial charge in [-0.2, -0.15) is 0 Å². The van der Waals surface area contributed by atoms with Gasteiger partial charge in [0, 0.05) is 11.2 Å². The molecule has 0 saturated heterocycles. The summed E-state index contributed by atoms with van der Waals surface area (Å²) in [4.78, 5) is 11.8. The molecule has 0 spiro atoms. The first kappa shape index (κ1) is 22.0. The minimum absolute atomic E-state index is 0.194. The molecule has 0 N–H and O–H groups in total. The normalized spacial score (nSPS) is 15.5. The van der Waals surface area contributed by atoms with Crippen LogP contribution in [0.5, 0.6) is 0 Å². The summed E-state index contributed by atoms with van der Waals surface area (Å²) in [6.45, 7) is 11.1. The zero-order valence-electron chi connectivity index (χ0n) is 14.8. The van der Waals surface area contributed by atoms with Crippen molar-refractivity contribution in [1.29, 1.82) is 0 Å². The van der Waals surface area contributed by atoms with Gasteiger partial charge in [0.25, 0.3) is 0 Å². The third-order valence-corrected chi connectivity index (χ3v) is 3.69. The number of rotatable bonds is 9. The molecule has 4 heteroatoms. The van der Waals surface area contributed by atoms with Crippen LogP contribution in [-0.2, 0) is 20.7 Å². The number of carbonyl (C=O) groups is 1. The molecule has 0 aliphatic rings. The molecule has 24 heavy (non-hydrogen) atoms. The molecule has 0 aliphatic carbocycles. The molecule has 1 atom stereocenters. The second-order valence-electron chi connectivity index (χ2n) is 5.08. The van der Waals surface area contributed by atoms with Crippen LogP contribution in [0.1, 0.15) is 27.7 Å². The van der Waals surface area contributed by atoms with Crippen molar-refractivity contribution in [2.24, 2.45) is 0 Å². The molecule has 0 radical (unpaired) electrons. The minimum Gasteiger partial charge on any atom is -0.607 e. The highest BCUT2D eigenvalue weighted by atomic mass is 32.2. The highest BCUT2D eigenvalue weighted by Gasteiger charge is 2.09. The highest BCUT2D eigenvalue weighted by Crippen LogP contribution is 2.06. The van der Waals surface area contributed by atoms with E-state index >= 15 is 0 Å². The van der Waals surface area contributed by atoms with Crippen molar-refractivity contribution >= 4 is 17.1 Å². The van der Waals surface area contributed by atoms with Gasteiger partial charge in [-0.15, -0.1) is 0 Å². The third kappa shape index (κ3) is 11.5. The minimum atomic E-state index is -1.36. The van der Waals surface area contributed by atoms with Gasteiger partial charge in [0.1, 0.15) is 17.4 Å². The molecule has 3 nitrogen and oxygen atoms in total. The summed E-state index contributed by atoms with van der Waals surface area (Å²) in [7, 11) is 0. The van der Waals surface area contributed by atoms with Crippen molar-refractivity contribution in [3.05, 3.63) is 82.7 Å². The van der Waals surface area contributed by atoms with Gasteiger partial charge in [0.15, 0.2) is 0 Å². The van der Waals surface area contributed by atoms with Crippen LogP contribution in [0.2, 0.25) is 0 Å². The fourth-order valence-corrected chi connectivity index (χ4v) is 2.24. The van der Waals surface area contributed by atoms with Crippen LogP contribution in [0.15, 0.2) is 82.7 Å². The Morgan fingerprint density at radius 2 is 1.88 bits per heavy atom. The van der Waals surface area contributed by atoms with E-state index in [0.29, 0.717) is 5.57 Å². The van der Waals surface area contributed by atoms with Crippen LogP contribution >= 0.6 is 0 Å². The maximum Gasteiger partial charge on any atom is 0.338 e. The number of esters is 1. The van der Waals surface area contributed by atoms with Gasteiger partial charge < -0.3 is 9.29 Å². The Bertz CT molecular complexity index is 590. The first-order chi connectivity index (χ1) is 11.4. The van der Waals surface area contributed by atoms with E-state index < -0.39 is 17.1 Å². The Hall–Kier alpha value is -2.04. The fourth-order valence-electron chi connectivity index (χ4n) is 1.49. The zero-order valence-corrected chi connectivity index (χ0v) is 15.6. The Kier molecular flexibility index (Phi) is 12.3. The number of ether oxygens (including phenoxy) is 1. The molecule has 0 aromatic rings. The first-order valence-electron chi connectivity index (χ1n) is 7.58. The maximum atomic E-state index is 11.9. The summed E-state index contributed by atoms with van der Waals surface area (Å²) in [5, 5.41) is 2.91. The molecule has 0 bridgehead atoms. The summed E-state index contributed by atoms with van der Waals surface area (Å²) < 4.78 is 17.0. The SMILES string of the molecule is C=C/C=C\C=C(/C)COC(=O)/C(C)=C/[S+]([O-])/C=C/C=C(C)\C=C/C. The molecule has 0 rings (SSSR count). The molecule has 0 heterocycles. The van der Waals surface area contributed by atoms with Crippen LogP contribution in [0.3, 0.4) is 0 Å². The van der Waals surface area contributed by atoms with Crippen molar-refractivity contribution in [1.82, 2.24) is 0 Å². The Balaban J connectivity index is 4.55. The lowest BCUT2D eigenvalue weighted by atomic mass is 10.2. The molecule has 0 aromatic heterocycles. The van der Waals surface area contributed by atoms with Gasteiger partial charge in [-0.3, -0.25) is 0 Å². The summed E-state index contributed by atoms with van der Waals surface area (Å²) in [6, 6.07) is 0. The van der Waals surface area contributed by atoms with E-state index in [4.69, 9.17) is 4.74 Å². The standard InChI is InChI=1S/C20H26O3S/c1-6-8-9-12-18(4)15-23-20(21)19(5)16-24(22)14-10-13-17(3)11-7-2/h6-14,16H,1,15H2,2-5H3/b9-8-,11-7-,14-10+,17-13-,18-12+,19-16+. The van der Waals surface area contributed by atoms with Crippen LogP contribution in [-0.4, -0.2) is 17.1 Å². The molecule has 0 fully saturated rings. The second-order valence-corrected chi connectivity index (χ2v) is 6.24. The molecule has 130 valence electrons. The summed E-state index contributed by atoms with van der Waals surface area (Å²) in [5.74, 6) is -0.474. The topological polar surface area (TPSA) is 49.4 Å². The molecule has 0 aromatic carbocycles. The van der Waals surface area contributed by atoms with Gasteiger partial charge in [0.2, 0.25) is 0 Å². The van der Waals surface area contributed by atoms with Crippen LogP contribution < -0.4 is 0 Å². The molecule has 0 saturated carbocycles. The number of carbonyl (C=O) groups excluding carboxylic acids is 1. The maximum absolute atomic E-state index is 11.9. The van der Waals surface area contributed by atoms with E-state index in [2.05, 4.69) is 6.58 Å². The zero-order chi connectivity index (χ0) is 18.4. The van der Waals surface area contributed by atoms with Crippen molar-refractivity contribution in [3.8, 4) is 0 Å². The molecule has 0 aliphatic heterocycles. The van der Waals surface area contributed by atoms with Gasteiger partial charge >= 0.3 is 5.97 Å². The van der Waals surface area contributed by atoms with E-state index in [9.17, 15) is 9.35 Å². The Morgan fingerprint density at radius 3 is 2.50 bits per heavy atom. The average Bonchev–Trinajstić information content (AvgIpc) is 2.53. The van der Waals surface area contributed by atoms with Gasteiger partial charge in [-0.1, -0.05) is 54.7 Å². The van der Waals surface area contributed by atoms with Gasteiger partial charge in [0.05, 0.1) is 5.57 Å². The van der Waals surface area contributed by atoms with Gasteiger partial charge in [-0.05, 0) is 39.3 Å².